The van der Waals surface area contributed by atoms with Crippen molar-refractivity contribution < 1.29 is 9.53 Å². The number of hydrogen-bond acceptors (Lipinski definition) is 3. The first-order valence-electron chi connectivity index (χ1n) is 9.57. The van der Waals surface area contributed by atoms with Crippen LogP contribution in [0.4, 0.5) is 0 Å². The molecule has 2 fully saturated rings. The molecule has 2 saturated heterocycles. The van der Waals surface area contributed by atoms with Crippen molar-refractivity contribution in [2.24, 2.45) is 11.3 Å². The summed E-state index contributed by atoms with van der Waals surface area (Å²) in [5.74, 6) is 1.35. The van der Waals surface area contributed by atoms with E-state index in [-0.39, 0.29) is 5.92 Å². The van der Waals surface area contributed by atoms with Crippen molar-refractivity contribution in [3.63, 3.8) is 0 Å². The van der Waals surface area contributed by atoms with Gasteiger partial charge >= 0.3 is 0 Å². The molecule has 1 amide bonds. The van der Waals surface area contributed by atoms with Crippen LogP contribution in [0, 0.1) is 18.3 Å². The lowest BCUT2D eigenvalue weighted by Crippen LogP contribution is -2.48. The third-order valence-electron chi connectivity index (χ3n) is 5.93. The van der Waals surface area contributed by atoms with Gasteiger partial charge in [-0.15, -0.1) is 0 Å². The van der Waals surface area contributed by atoms with Gasteiger partial charge in [-0.25, -0.2) is 0 Å². The second-order valence-corrected chi connectivity index (χ2v) is 8.27. The van der Waals surface area contributed by atoms with Crippen molar-refractivity contribution in [3.05, 3.63) is 29.3 Å². The number of amides is 1. The molecular formula is C21H32N2O2. The Morgan fingerprint density at radius 3 is 2.72 bits per heavy atom. The third kappa shape index (κ3) is 4.00. The highest BCUT2D eigenvalue weighted by molar-refractivity contribution is 5.78. The zero-order valence-corrected chi connectivity index (χ0v) is 16.2. The fourth-order valence-corrected chi connectivity index (χ4v) is 4.47. The highest BCUT2D eigenvalue weighted by Crippen LogP contribution is 2.40. The zero-order chi connectivity index (χ0) is 18.0. The first-order valence-corrected chi connectivity index (χ1v) is 9.57. The lowest BCUT2D eigenvalue weighted by Gasteiger charge is -2.41. The number of carbonyl (C=O) groups is 1. The number of aryl methyl sites for hydroxylation is 1. The van der Waals surface area contributed by atoms with Gasteiger partial charge in [-0.1, -0.05) is 19.9 Å². The second kappa shape index (κ2) is 7.36. The summed E-state index contributed by atoms with van der Waals surface area (Å²) >= 11 is 0. The maximum Gasteiger partial charge on any atom is 0.225 e. The molecule has 3 rings (SSSR count). The van der Waals surface area contributed by atoms with E-state index >= 15 is 0 Å². The smallest absolute Gasteiger partial charge is 0.225 e. The fraction of sp³-hybridized carbons (Fsp3) is 0.667. The minimum atomic E-state index is 0.106. The van der Waals surface area contributed by atoms with Crippen LogP contribution in [0.1, 0.15) is 44.2 Å². The molecule has 138 valence electrons. The molecule has 2 heterocycles. The van der Waals surface area contributed by atoms with Crippen LogP contribution in [-0.2, 0) is 11.3 Å². The first kappa shape index (κ1) is 18.2. The highest BCUT2D eigenvalue weighted by atomic mass is 16.5. The van der Waals surface area contributed by atoms with Crippen LogP contribution >= 0.6 is 0 Å². The number of likely N-dealkylation sites (tertiary alicyclic amines) is 2. The molecule has 0 aromatic heterocycles. The summed E-state index contributed by atoms with van der Waals surface area (Å²) in [6.07, 6.45) is 3.62. The van der Waals surface area contributed by atoms with Gasteiger partial charge in [-0.3, -0.25) is 9.69 Å². The number of hydrogen-bond donors (Lipinski definition) is 0. The summed E-state index contributed by atoms with van der Waals surface area (Å²) in [5, 5.41) is 0. The first-order chi connectivity index (χ1) is 11.9. The molecule has 1 aromatic rings. The van der Waals surface area contributed by atoms with Crippen molar-refractivity contribution in [1.29, 1.82) is 0 Å². The molecule has 2 aliphatic heterocycles. The van der Waals surface area contributed by atoms with Gasteiger partial charge in [0.15, 0.2) is 0 Å². The molecule has 4 heteroatoms. The molecule has 25 heavy (non-hydrogen) atoms. The van der Waals surface area contributed by atoms with Crippen molar-refractivity contribution in [2.75, 3.05) is 33.3 Å². The van der Waals surface area contributed by atoms with Crippen molar-refractivity contribution in [2.45, 2.75) is 46.6 Å². The number of rotatable bonds is 4. The van der Waals surface area contributed by atoms with Crippen LogP contribution in [0.5, 0.6) is 5.75 Å². The van der Waals surface area contributed by atoms with Crippen molar-refractivity contribution >= 4 is 5.91 Å². The molecule has 4 nitrogen and oxygen atoms in total. The number of benzene rings is 1. The lowest BCUT2D eigenvalue weighted by molar-refractivity contribution is -0.137. The molecule has 0 N–H and O–H groups in total. The molecular weight excluding hydrogens is 312 g/mol. The molecule has 0 bridgehead atoms. The molecule has 1 atom stereocenters. The molecule has 0 aliphatic carbocycles. The van der Waals surface area contributed by atoms with Crippen LogP contribution in [0.3, 0.4) is 0 Å². The van der Waals surface area contributed by atoms with Gasteiger partial charge in [0.25, 0.3) is 0 Å². The Bertz CT molecular complexity index is 628. The van der Waals surface area contributed by atoms with E-state index in [1.165, 1.54) is 24.0 Å². The van der Waals surface area contributed by atoms with Crippen molar-refractivity contribution in [3.8, 4) is 5.75 Å². The number of piperidine rings is 1. The quantitative estimate of drug-likeness (QED) is 0.838. The summed E-state index contributed by atoms with van der Waals surface area (Å²) in [6, 6.07) is 6.36. The monoisotopic (exact) mass is 344 g/mol. The van der Waals surface area contributed by atoms with Crippen LogP contribution in [0.2, 0.25) is 0 Å². The molecule has 1 unspecified atom stereocenters. The molecule has 2 aliphatic rings. The summed E-state index contributed by atoms with van der Waals surface area (Å²) in [5.41, 5.74) is 2.98. The SMILES string of the molecule is COc1ccc(CN2CCC3(CCCN(C(=O)C(C)C)C3)C2)c(C)c1. The normalized spacial score (nSPS) is 24.3. The van der Waals surface area contributed by atoms with E-state index in [1.54, 1.807) is 7.11 Å². The Labute approximate surface area is 152 Å². The lowest BCUT2D eigenvalue weighted by atomic mass is 9.79. The van der Waals surface area contributed by atoms with E-state index in [9.17, 15) is 4.79 Å². The minimum absolute atomic E-state index is 0.106. The molecule has 1 spiro atoms. The van der Waals surface area contributed by atoms with Crippen molar-refractivity contribution in [1.82, 2.24) is 9.80 Å². The van der Waals surface area contributed by atoms with Crippen LogP contribution in [0.15, 0.2) is 18.2 Å². The average molecular weight is 344 g/mol. The van der Waals surface area contributed by atoms with Gasteiger partial charge in [-0.2, -0.15) is 0 Å². The largest absolute Gasteiger partial charge is 0.497 e. The second-order valence-electron chi connectivity index (χ2n) is 8.27. The Hall–Kier alpha value is -1.55. The van der Waals surface area contributed by atoms with E-state index in [2.05, 4.69) is 34.9 Å². The van der Waals surface area contributed by atoms with Gasteiger partial charge in [0.1, 0.15) is 5.75 Å². The van der Waals surface area contributed by atoms with Crippen LogP contribution in [-0.4, -0.2) is 49.0 Å². The average Bonchev–Trinajstić information content (AvgIpc) is 2.97. The number of ether oxygens (including phenoxy) is 1. The van der Waals surface area contributed by atoms with Gasteiger partial charge in [0.05, 0.1) is 7.11 Å². The third-order valence-corrected chi connectivity index (χ3v) is 5.93. The Morgan fingerprint density at radius 1 is 1.24 bits per heavy atom. The minimum Gasteiger partial charge on any atom is -0.497 e. The van der Waals surface area contributed by atoms with E-state index in [0.29, 0.717) is 11.3 Å². The summed E-state index contributed by atoms with van der Waals surface area (Å²) in [4.78, 5) is 17.1. The fourth-order valence-electron chi connectivity index (χ4n) is 4.47. The van der Waals surface area contributed by atoms with E-state index < -0.39 is 0 Å². The van der Waals surface area contributed by atoms with E-state index in [1.807, 2.05) is 13.8 Å². The summed E-state index contributed by atoms with van der Waals surface area (Å²) in [6.45, 7) is 11.3. The van der Waals surface area contributed by atoms with Crippen LogP contribution in [0.25, 0.3) is 0 Å². The predicted molar refractivity (Wildman–Crippen MR) is 101 cm³/mol. The number of nitrogens with zero attached hydrogens (tertiary/aromatic N) is 2. The maximum absolute atomic E-state index is 12.4. The number of methoxy groups -OCH3 is 1. The zero-order valence-electron chi connectivity index (χ0n) is 16.2. The van der Waals surface area contributed by atoms with Gasteiger partial charge in [0, 0.05) is 37.5 Å². The predicted octanol–water partition coefficient (Wildman–Crippen LogP) is 3.47. The number of carbonyl (C=O) groups excluding carboxylic acids is 1. The van der Waals surface area contributed by atoms with Gasteiger partial charge < -0.3 is 9.64 Å². The summed E-state index contributed by atoms with van der Waals surface area (Å²) < 4.78 is 5.31. The molecule has 0 saturated carbocycles. The van der Waals surface area contributed by atoms with E-state index in [4.69, 9.17) is 4.74 Å². The Kier molecular flexibility index (Phi) is 5.38. The molecule has 1 aromatic carbocycles. The maximum atomic E-state index is 12.4. The topological polar surface area (TPSA) is 32.8 Å². The molecule has 0 radical (unpaired) electrons. The Balaban J connectivity index is 1.64. The standard InChI is InChI=1S/C21H32N2O2/c1-16(2)20(24)23-10-5-8-21(15-23)9-11-22(14-21)13-18-6-7-19(25-4)12-17(18)3/h6-7,12,16H,5,8-11,13-15H2,1-4H3. The van der Waals surface area contributed by atoms with E-state index in [0.717, 1.165) is 44.9 Å². The van der Waals surface area contributed by atoms with Crippen LogP contribution < -0.4 is 4.74 Å². The Morgan fingerprint density at radius 2 is 2.04 bits per heavy atom. The van der Waals surface area contributed by atoms with Gasteiger partial charge in [0.2, 0.25) is 5.91 Å². The summed E-state index contributed by atoms with van der Waals surface area (Å²) in [7, 11) is 1.71. The van der Waals surface area contributed by atoms with Gasteiger partial charge in [-0.05, 0) is 56.0 Å². The highest BCUT2D eigenvalue weighted by Gasteiger charge is 2.42.